The van der Waals surface area contributed by atoms with Crippen LogP contribution in [0.25, 0.3) is 5.69 Å². The van der Waals surface area contributed by atoms with Crippen LogP contribution in [-0.2, 0) is 6.54 Å². The number of halogens is 2. The van der Waals surface area contributed by atoms with Crippen molar-refractivity contribution < 1.29 is 13.5 Å². The van der Waals surface area contributed by atoms with Gasteiger partial charge < -0.3 is 4.74 Å². The Balaban J connectivity index is 1.79. The Morgan fingerprint density at radius 3 is 2.35 bits per heavy atom. The van der Waals surface area contributed by atoms with E-state index < -0.39 is 6.61 Å². The molecule has 0 aliphatic heterocycles. The average Bonchev–Trinajstić information content (AvgIpc) is 2.91. The lowest BCUT2D eigenvalue weighted by Gasteiger charge is -2.05. The second-order valence-corrected chi connectivity index (χ2v) is 4.69. The molecule has 0 saturated carbocycles. The molecule has 0 atom stereocenters. The summed E-state index contributed by atoms with van der Waals surface area (Å²) in [5, 5.41) is 7.66. The molecule has 0 radical (unpaired) electrons. The number of hydrogen-bond acceptors (Lipinski definition) is 4. The second kappa shape index (κ2) is 6.39. The van der Waals surface area contributed by atoms with E-state index in [1.807, 2.05) is 6.07 Å². The minimum atomic E-state index is -2.87. The monoisotopic (exact) mass is 318 g/mol. The number of ether oxygens (including phenoxy) is 1. The van der Waals surface area contributed by atoms with Crippen LogP contribution in [0.3, 0.4) is 0 Å². The lowest BCUT2D eigenvalue weighted by Crippen LogP contribution is -2.24. The highest BCUT2D eigenvalue weighted by Crippen LogP contribution is 2.15. The summed E-state index contributed by atoms with van der Waals surface area (Å²) in [4.78, 5) is 12.3. The van der Waals surface area contributed by atoms with E-state index >= 15 is 0 Å². The number of tetrazole rings is 1. The van der Waals surface area contributed by atoms with Gasteiger partial charge in [0.05, 0.1) is 12.2 Å². The first-order valence-corrected chi connectivity index (χ1v) is 6.75. The first-order valence-electron chi connectivity index (χ1n) is 6.75. The Morgan fingerprint density at radius 1 is 1.00 bits per heavy atom. The van der Waals surface area contributed by atoms with Gasteiger partial charge in [0.2, 0.25) is 0 Å². The van der Waals surface area contributed by atoms with Crippen LogP contribution >= 0.6 is 0 Å². The predicted octanol–water partition coefficient (Wildman–Crippen LogP) is 2.08. The van der Waals surface area contributed by atoms with Crippen LogP contribution in [0.1, 0.15) is 5.56 Å². The minimum absolute atomic E-state index is 0.0593. The van der Waals surface area contributed by atoms with Gasteiger partial charge in [0.1, 0.15) is 5.75 Å². The molecule has 23 heavy (non-hydrogen) atoms. The van der Waals surface area contributed by atoms with Gasteiger partial charge in [-0.15, -0.1) is 0 Å². The van der Waals surface area contributed by atoms with Gasteiger partial charge in [-0.05, 0) is 40.3 Å². The molecule has 3 aromatic rings. The number of benzene rings is 2. The second-order valence-electron chi connectivity index (χ2n) is 4.69. The molecule has 118 valence electrons. The fourth-order valence-electron chi connectivity index (χ4n) is 2.05. The van der Waals surface area contributed by atoms with E-state index in [0.717, 1.165) is 0 Å². The Hall–Kier alpha value is -3.03. The van der Waals surface area contributed by atoms with Crippen molar-refractivity contribution in [2.45, 2.75) is 13.2 Å². The molecule has 6 nitrogen and oxygen atoms in total. The fourth-order valence-corrected chi connectivity index (χ4v) is 2.05. The number of aromatic nitrogens is 4. The molecule has 0 unspecified atom stereocenters. The van der Waals surface area contributed by atoms with Gasteiger partial charge in [0.15, 0.2) is 0 Å². The smallest absolute Gasteiger partial charge is 0.387 e. The molecule has 0 aliphatic carbocycles. The molecule has 8 heteroatoms. The SMILES string of the molecule is O=c1n(Cc2ccc(OC(F)F)cc2)nnn1-c1ccccc1. The van der Waals surface area contributed by atoms with Crippen molar-refractivity contribution in [3.63, 3.8) is 0 Å². The van der Waals surface area contributed by atoms with Gasteiger partial charge in [-0.3, -0.25) is 0 Å². The maximum absolute atomic E-state index is 12.3. The average molecular weight is 318 g/mol. The van der Waals surface area contributed by atoms with Crippen molar-refractivity contribution in [3.8, 4) is 11.4 Å². The van der Waals surface area contributed by atoms with Crippen molar-refractivity contribution in [2.24, 2.45) is 0 Å². The number of rotatable bonds is 5. The lowest BCUT2D eigenvalue weighted by molar-refractivity contribution is -0.0498. The Kier molecular flexibility index (Phi) is 4.13. The standard InChI is InChI=1S/C15H12F2N4O2/c16-14(17)23-13-8-6-11(7-9-13)10-20-15(22)21(19-18-20)12-4-2-1-3-5-12/h1-9,14H,10H2. The van der Waals surface area contributed by atoms with Crippen LogP contribution in [-0.4, -0.2) is 26.4 Å². The van der Waals surface area contributed by atoms with E-state index in [4.69, 9.17) is 0 Å². The van der Waals surface area contributed by atoms with Crippen molar-refractivity contribution in [1.82, 2.24) is 19.8 Å². The third kappa shape index (κ3) is 3.42. The molecule has 1 aromatic heterocycles. The van der Waals surface area contributed by atoms with Gasteiger partial charge in [0, 0.05) is 0 Å². The topological polar surface area (TPSA) is 61.9 Å². The van der Waals surface area contributed by atoms with Crippen molar-refractivity contribution in [2.75, 3.05) is 0 Å². The summed E-state index contributed by atoms with van der Waals surface area (Å²) < 4.78 is 30.8. The molecule has 3 rings (SSSR count). The van der Waals surface area contributed by atoms with Gasteiger partial charge in [0.25, 0.3) is 0 Å². The quantitative estimate of drug-likeness (QED) is 0.722. The third-order valence-electron chi connectivity index (χ3n) is 3.12. The van der Waals surface area contributed by atoms with E-state index in [1.165, 1.54) is 21.5 Å². The summed E-state index contributed by atoms with van der Waals surface area (Å²) in [6, 6.07) is 14.9. The maximum Gasteiger partial charge on any atom is 0.387 e. The summed E-state index contributed by atoms with van der Waals surface area (Å²) in [5.74, 6) is 0.0593. The Labute approximate surface area is 129 Å². The summed E-state index contributed by atoms with van der Waals surface area (Å²) in [5.41, 5.74) is 0.947. The molecule has 2 aromatic carbocycles. The van der Waals surface area contributed by atoms with E-state index in [1.54, 1.807) is 36.4 Å². The van der Waals surface area contributed by atoms with Crippen molar-refractivity contribution in [1.29, 1.82) is 0 Å². The summed E-state index contributed by atoms with van der Waals surface area (Å²) >= 11 is 0. The zero-order valence-corrected chi connectivity index (χ0v) is 11.8. The highest BCUT2D eigenvalue weighted by molar-refractivity contribution is 5.29. The zero-order chi connectivity index (χ0) is 16.2. The molecule has 0 saturated heterocycles. The summed E-state index contributed by atoms with van der Waals surface area (Å²) in [6.07, 6.45) is 0. The zero-order valence-electron chi connectivity index (χ0n) is 11.8. The maximum atomic E-state index is 12.3. The van der Waals surface area contributed by atoms with Gasteiger partial charge >= 0.3 is 12.3 Å². The van der Waals surface area contributed by atoms with Gasteiger partial charge in [-0.1, -0.05) is 30.3 Å². The van der Waals surface area contributed by atoms with E-state index in [-0.39, 0.29) is 18.0 Å². The Bertz CT molecular complexity index is 829. The van der Waals surface area contributed by atoms with Gasteiger partial charge in [-0.25, -0.2) is 4.79 Å². The number of nitrogens with zero attached hydrogens (tertiary/aromatic N) is 4. The van der Waals surface area contributed by atoms with Crippen molar-refractivity contribution >= 4 is 0 Å². The third-order valence-corrected chi connectivity index (χ3v) is 3.12. The summed E-state index contributed by atoms with van der Waals surface area (Å²) in [6.45, 7) is -2.69. The molecule has 0 fully saturated rings. The van der Waals surface area contributed by atoms with Crippen LogP contribution in [0.4, 0.5) is 8.78 Å². The molecular weight excluding hydrogens is 306 g/mol. The molecule has 0 aliphatic rings. The normalized spacial score (nSPS) is 10.9. The number of hydrogen-bond donors (Lipinski definition) is 0. The molecule has 0 bridgehead atoms. The van der Waals surface area contributed by atoms with Crippen LogP contribution in [0.15, 0.2) is 59.4 Å². The molecule has 0 amide bonds. The molecular formula is C15H12F2N4O2. The van der Waals surface area contributed by atoms with Crippen LogP contribution < -0.4 is 10.4 Å². The molecule has 0 N–H and O–H groups in total. The number of alkyl halides is 2. The van der Waals surface area contributed by atoms with Crippen molar-refractivity contribution in [3.05, 3.63) is 70.6 Å². The first kappa shape index (κ1) is 14.9. The lowest BCUT2D eigenvalue weighted by atomic mass is 10.2. The minimum Gasteiger partial charge on any atom is -0.435 e. The first-order chi connectivity index (χ1) is 11.1. The van der Waals surface area contributed by atoms with Gasteiger partial charge in [-0.2, -0.15) is 18.1 Å². The molecule has 1 heterocycles. The number of para-hydroxylation sites is 1. The highest BCUT2D eigenvalue weighted by atomic mass is 19.3. The van der Waals surface area contributed by atoms with E-state index in [2.05, 4.69) is 15.2 Å². The van der Waals surface area contributed by atoms with Crippen LogP contribution in [0.5, 0.6) is 5.75 Å². The molecule has 0 spiro atoms. The predicted molar refractivity (Wildman–Crippen MR) is 77.8 cm³/mol. The fraction of sp³-hybridized carbons (Fsp3) is 0.133. The van der Waals surface area contributed by atoms with Crippen LogP contribution in [0.2, 0.25) is 0 Å². The Morgan fingerprint density at radius 2 is 1.70 bits per heavy atom. The summed E-state index contributed by atoms with van der Waals surface area (Å²) in [7, 11) is 0. The highest BCUT2D eigenvalue weighted by Gasteiger charge is 2.09. The van der Waals surface area contributed by atoms with Crippen LogP contribution in [0, 0.1) is 0 Å². The largest absolute Gasteiger partial charge is 0.435 e. The van der Waals surface area contributed by atoms with E-state index in [9.17, 15) is 13.6 Å². The van der Waals surface area contributed by atoms with E-state index in [0.29, 0.717) is 11.3 Å².